The molecule has 0 aliphatic rings. The summed E-state index contributed by atoms with van der Waals surface area (Å²) in [6, 6.07) is 4.58. The predicted octanol–water partition coefficient (Wildman–Crippen LogP) is 1.60. The molecule has 0 spiro atoms. The lowest BCUT2D eigenvalue weighted by Crippen LogP contribution is -2.11. The highest BCUT2D eigenvalue weighted by molar-refractivity contribution is 7.16. The first-order valence-electron chi connectivity index (χ1n) is 4.78. The van der Waals surface area contributed by atoms with Crippen LogP contribution in [0.4, 0.5) is 5.69 Å². The topological polar surface area (TPSA) is 77.5 Å². The Kier molecular flexibility index (Phi) is 2.76. The van der Waals surface area contributed by atoms with Crippen LogP contribution in [0.25, 0.3) is 10.2 Å². The lowest BCUT2D eigenvalue weighted by Gasteiger charge is -1.95. The minimum atomic E-state index is -0.446. The van der Waals surface area contributed by atoms with Gasteiger partial charge in [0.15, 0.2) is 4.80 Å². The third-order valence-electron chi connectivity index (χ3n) is 2.26. The number of amides is 1. The fraction of sp³-hybridized carbons (Fsp3) is 0.200. The molecule has 0 aliphatic heterocycles. The number of benzene rings is 1. The molecule has 2 rings (SSSR count). The summed E-state index contributed by atoms with van der Waals surface area (Å²) in [5.74, 6) is -0.290. The van der Waals surface area contributed by atoms with Crippen LogP contribution in [-0.4, -0.2) is 15.4 Å². The van der Waals surface area contributed by atoms with Crippen molar-refractivity contribution in [3.05, 3.63) is 33.1 Å². The molecule has 7 heteroatoms. The van der Waals surface area contributed by atoms with E-state index in [-0.39, 0.29) is 11.6 Å². The van der Waals surface area contributed by atoms with Crippen LogP contribution in [0.2, 0.25) is 0 Å². The number of fused-ring (bicyclic) bond motifs is 1. The molecule has 1 amide bonds. The summed E-state index contributed by atoms with van der Waals surface area (Å²) in [4.78, 5) is 25.5. The van der Waals surface area contributed by atoms with Crippen LogP contribution in [0.1, 0.15) is 6.92 Å². The van der Waals surface area contributed by atoms with Crippen LogP contribution in [0.5, 0.6) is 0 Å². The number of rotatable bonds is 1. The highest BCUT2D eigenvalue weighted by atomic mass is 32.1. The summed E-state index contributed by atoms with van der Waals surface area (Å²) < 4.78 is 2.53. The van der Waals surface area contributed by atoms with Crippen molar-refractivity contribution < 1.29 is 9.72 Å². The van der Waals surface area contributed by atoms with Crippen molar-refractivity contribution in [2.75, 3.05) is 0 Å². The number of nitro groups is 1. The number of carbonyl (C=O) groups is 1. The van der Waals surface area contributed by atoms with E-state index in [0.29, 0.717) is 10.3 Å². The zero-order valence-electron chi connectivity index (χ0n) is 9.21. The Morgan fingerprint density at radius 3 is 2.82 bits per heavy atom. The van der Waals surface area contributed by atoms with Crippen molar-refractivity contribution in [2.45, 2.75) is 6.92 Å². The third-order valence-corrected chi connectivity index (χ3v) is 3.37. The van der Waals surface area contributed by atoms with E-state index in [0.717, 1.165) is 4.70 Å². The number of aromatic nitrogens is 1. The average Bonchev–Trinajstić information content (AvgIpc) is 2.55. The van der Waals surface area contributed by atoms with Crippen molar-refractivity contribution in [1.29, 1.82) is 0 Å². The van der Waals surface area contributed by atoms with Gasteiger partial charge in [-0.2, -0.15) is 4.99 Å². The van der Waals surface area contributed by atoms with E-state index in [1.54, 1.807) is 17.7 Å². The Bertz CT molecular complexity index is 684. The third kappa shape index (κ3) is 2.09. The van der Waals surface area contributed by atoms with Crippen molar-refractivity contribution in [3.63, 3.8) is 0 Å². The molecule has 0 saturated carbocycles. The van der Waals surface area contributed by atoms with Gasteiger partial charge in [0.1, 0.15) is 0 Å². The van der Waals surface area contributed by atoms with Gasteiger partial charge in [-0.3, -0.25) is 14.9 Å². The predicted molar refractivity (Wildman–Crippen MR) is 63.7 cm³/mol. The summed E-state index contributed by atoms with van der Waals surface area (Å²) in [7, 11) is 1.73. The van der Waals surface area contributed by atoms with Crippen molar-refractivity contribution >= 4 is 33.1 Å². The zero-order valence-corrected chi connectivity index (χ0v) is 10.0. The molecule has 0 radical (unpaired) electrons. The van der Waals surface area contributed by atoms with Crippen molar-refractivity contribution in [2.24, 2.45) is 12.0 Å². The summed E-state index contributed by atoms with van der Waals surface area (Å²) in [6.45, 7) is 1.37. The molecule has 0 aliphatic carbocycles. The minimum absolute atomic E-state index is 0.0280. The highest BCUT2D eigenvalue weighted by Crippen LogP contribution is 2.22. The summed E-state index contributed by atoms with van der Waals surface area (Å²) in [5, 5.41) is 10.7. The van der Waals surface area contributed by atoms with Crippen LogP contribution < -0.4 is 4.80 Å². The Morgan fingerprint density at radius 1 is 1.53 bits per heavy atom. The first-order chi connectivity index (χ1) is 7.99. The van der Waals surface area contributed by atoms with E-state index >= 15 is 0 Å². The van der Waals surface area contributed by atoms with Gasteiger partial charge < -0.3 is 4.57 Å². The van der Waals surface area contributed by atoms with E-state index in [9.17, 15) is 14.9 Å². The lowest BCUT2D eigenvalue weighted by atomic mass is 10.3. The normalized spacial score (nSPS) is 12.0. The molecule has 17 heavy (non-hydrogen) atoms. The molecule has 0 unspecified atom stereocenters. The van der Waals surface area contributed by atoms with Crippen LogP contribution >= 0.6 is 11.3 Å². The molecule has 1 aromatic heterocycles. The van der Waals surface area contributed by atoms with Gasteiger partial charge in [0.05, 0.1) is 15.1 Å². The van der Waals surface area contributed by atoms with E-state index in [2.05, 4.69) is 4.99 Å². The second-order valence-electron chi connectivity index (χ2n) is 3.48. The zero-order chi connectivity index (χ0) is 12.6. The molecular formula is C10H9N3O3S. The number of nitro benzene ring substituents is 1. The molecule has 0 fully saturated rings. The molecule has 0 atom stereocenters. The van der Waals surface area contributed by atoms with Crippen molar-refractivity contribution in [1.82, 2.24) is 4.57 Å². The average molecular weight is 251 g/mol. The minimum Gasteiger partial charge on any atom is -0.319 e. The molecule has 0 N–H and O–H groups in total. The molecule has 1 aromatic carbocycles. The number of thiazole rings is 1. The van der Waals surface area contributed by atoms with E-state index in [4.69, 9.17) is 0 Å². The number of aryl methyl sites for hydroxylation is 1. The van der Waals surface area contributed by atoms with E-state index in [1.807, 2.05) is 0 Å². The van der Waals surface area contributed by atoms with Gasteiger partial charge in [-0.05, 0) is 6.07 Å². The lowest BCUT2D eigenvalue weighted by molar-refractivity contribution is -0.384. The number of non-ortho nitro benzene ring substituents is 1. The smallest absolute Gasteiger partial charge is 0.271 e. The number of hydrogen-bond acceptors (Lipinski definition) is 4. The quantitative estimate of drug-likeness (QED) is 0.570. The monoisotopic (exact) mass is 251 g/mol. The Balaban J connectivity index is 2.75. The molecule has 6 nitrogen and oxygen atoms in total. The Hall–Kier alpha value is -2.02. The van der Waals surface area contributed by atoms with Gasteiger partial charge in [-0.1, -0.05) is 11.3 Å². The standard InChI is InChI=1S/C10H9N3O3S/c1-6(14)11-10-12(2)8-5-7(13(15)16)3-4-9(8)17-10/h3-5H,1-2H3. The highest BCUT2D eigenvalue weighted by Gasteiger charge is 2.10. The second kappa shape index (κ2) is 4.10. The Labute approximate surface area is 100.0 Å². The molecule has 88 valence electrons. The summed E-state index contributed by atoms with van der Waals surface area (Å²) in [5.41, 5.74) is 0.726. The molecular weight excluding hydrogens is 242 g/mol. The van der Waals surface area contributed by atoms with E-state index in [1.165, 1.54) is 30.4 Å². The molecule has 0 bridgehead atoms. The maximum Gasteiger partial charge on any atom is 0.271 e. The van der Waals surface area contributed by atoms with Gasteiger partial charge in [-0.25, -0.2) is 0 Å². The fourth-order valence-corrected chi connectivity index (χ4v) is 2.51. The van der Waals surface area contributed by atoms with Gasteiger partial charge >= 0.3 is 0 Å². The number of nitrogens with zero attached hydrogens (tertiary/aromatic N) is 3. The summed E-state index contributed by atoms with van der Waals surface area (Å²) in [6.07, 6.45) is 0. The molecule has 1 heterocycles. The second-order valence-corrected chi connectivity index (χ2v) is 4.49. The van der Waals surface area contributed by atoms with Gasteiger partial charge in [0.2, 0.25) is 5.91 Å². The largest absolute Gasteiger partial charge is 0.319 e. The van der Waals surface area contributed by atoms with Crippen molar-refractivity contribution in [3.8, 4) is 0 Å². The van der Waals surface area contributed by atoms with Gasteiger partial charge in [0, 0.05) is 26.1 Å². The van der Waals surface area contributed by atoms with Crippen LogP contribution in [0, 0.1) is 10.1 Å². The maximum atomic E-state index is 10.9. The number of hydrogen-bond donors (Lipinski definition) is 0. The van der Waals surface area contributed by atoms with Crippen LogP contribution in [-0.2, 0) is 11.8 Å². The van der Waals surface area contributed by atoms with Crippen LogP contribution in [0.15, 0.2) is 23.2 Å². The maximum absolute atomic E-state index is 10.9. The Morgan fingerprint density at radius 2 is 2.24 bits per heavy atom. The first kappa shape index (κ1) is 11.5. The number of carbonyl (C=O) groups excluding carboxylic acids is 1. The SMILES string of the molecule is CC(=O)N=c1sc2ccc([N+](=O)[O-])cc2n1C. The van der Waals surface area contributed by atoms with Gasteiger partial charge in [-0.15, -0.1) is 0 Å². The van der Waals surface area contributed by atoms with Gasteiger partial charge in [0.25, 0.3) is 5.69 Å². The van der Waals surface area contributed by atoms with Crippen LogP contribution in [0.3, 0.4) is 0 Å². The fourth-order valence-electron chi connectivity index (χ4n) is 1.47. The molecule has 2 aromatic rings. The van der Waals surface area contributed by atoms with E-state index < -0.39 is 4.92 Å². The molecule has 0 saturated heterocycles. The first-order valence-corrected chi connectivity index (χ1v) is 5.60. The summed E-state index contributed by atoms with van der Waals surface area (Å²) >= 11 is 1.33.